The van der Waals surface area contributed by atoms with E-state index in [2.05, 4.69) is 36.3 Å². The number of aryl methyl sites for hydroxylation is 1. The number of hydrogen-bond donors (Lipinski definition) is 1. The van der Waals surface area contributed by atoms with Gasteiger partial charge in [-0.2, -0.15) is 0 Å². The van der Waals surface area contributed by atoms with Crippen LogP contribution in [0.3, 0.4) is 0 Å². The van der Waals surface area contributed by atoms with Crippen LogP contribution in [0.1, 0.15) is 23.1 Å². The van der Waals surface area contributed by atoms with E-state index in [0.717, 1.165) is 24.4 Å². The van der Waals surface area contributed by atoms with Gasteiger partial charge in [0.1, 0.15) is 5.75 Å². The quantitative estimate of drug-likeness (QED) is 0.880. The first kappa shape index (κ1) is 14.0. The van der Waals surface area contributed by atoms with Crippen molar-refractivity contribution in [2.24, 2.45) is 0 Å². The summed E-state index contributed by atoms with van der Waals surface area (Å²) in [6.07, 6.45) is 1.02. The first-order valence-electron chi connectivity index (χ1n) is 6.44. The van der Waals surface area contributed by atoms with E-state index in [1.807, 2.05) is 17.6 Å². The Bertz CT molecular complexity index is 507. The van der Waals surface area contributed by atoms with Gasteiger partial charge in [0.05, 0.1) is 18.3 Å². The number of aromatic nitrogens is 1. The van der Waals surface area contributed by atoms with Gasteiger partial charge in [0.15, 0.2) is 0 Å². The largest absolute Gasteiger partial charge is 0.497 e. The van der Waals surface area contributed by atoms with E-state index in [0.29, 0.717) is 6.04 Å². The molecule has 1 atom stereocenters. The summed E-state index contributed by atoms with van der Waals surface area (Å²) in [7, 11) is 1.69. The Morgan fingerprint density at radius 2 is 2.05 bits per heavy atom. The normalized spacial score (nSPS) is 12.4. The van der Waals surface area contributed by atoms with E-state index < -0.39 is 0 Å². The van der Waals surface area contributed by atoms with Crippen LogP contribution in [0.4, 0.5) is 0 Å². The second-order valence-corrected chi connectivity index (χ2v) is 5.63. The first-order valence-corrected chi connectivity index (χ1v) is 7.32. The zero-order valence-corrected chi connectivity index (χ0v) is 12.5. The van der Waals surface area contributed by atoms with Crippen molar-refractivity contribution in [3.05, 3.63) is 45.9 Å². The maximum absolute atomic E-state index is 5.16. The average Bonchev–Trinajstić information content (AvgIpc) is 2.83. The summed E-state index contributed by atoms with van der Waals surface area (Å²) in [5.41, 5.74) is 4.36. The van der Waals surface area contributed by atoms with Gasteiger partial charge in [-0.15, -0.1) is 11.3 Å². The SMILES string of the molecule is COc1ccc(CC(C)NCc2scnc2C)cc1. The molecule has 0 saturated heterocycles. The Morgan fingerprint density at radius 1 is 1.32 bits per heavy atom. The van der Waals surface area contributed by atoms with E-state index in [9.17, 15) is 0 Å². The second kappa shape index (κ2) is 6.68. The maximum Gasteiger partial charge on any atom is 0.118 e. The fraction of sp³-hybridized carbons (Fsp3) is 0.400. The van der Waals surface area contributed by atoms with Gasteiger partial charge in [0.25, 0.3) is 0 Å². The minimum Gasteiger partial charge on any atom is -0.497 e. The molecule has 2 aromatic rings. The summed E-state index contributed by atoms with van der Waals surface area (Å²) < 4.78 is 5.16. The van der Waals surface area contributed by atoms with E-state index in [4.69, 9.17) is 4.74 Å². The van der Waals surface area contributed by atoms with Gasteiger partial charge in [0, 0.05) is 17.5 Å². The molecule has 4 heteroatoms. The Labute approximate surface area is 118 Å². The molecule has 0 aliphatic rings. The number of nitrogens with one attached hydrogen (secondary N) is 1. The van der Waals surface area contributed by atoms with Crippen molar-refractivity contribution in [2.45, 2.75) is 32.9 Å². The van der Waals surface area contributed by atoms with Crippen molar-refractivity contribution in [1.29, 1.82) is 0 Å². The molecule has 0 aliphatic heterocycles. The first-order chi connectivity index (χ1) is 9.19. The third kappa shape index (κ3) is 4.04. The summed E-state index contributed by atoms with van der Waals surface area (Å²) in [5.74, 6) is 0.907. The lowest BCUT2D eigenvalue weighted by molar-refractivity contribution is 0.414. The average molecular weight is 276 g/mol. The molecular weight excluding hydrogens is 256 g/mol. The third-order valence-corrected chi connectivity index (χ3v) is 4.09. The van der Waals surface area contributed by atoms with Crippen molar-refractivity contribution in [2.75, 3.05) is 7.11 Å². The number of benzene rings is 1. The number of hydrogen-bond acceptors (Lipinski definition) is 4. The molecule has 1 unspecified atom stereocenters. The molecule has 3 nitrogen and oxygen atoms in total. The molecule has 0 fully saturated rings. The molecule has 1 N–H and O–H groups in total. The van der Waals surface area contributed by atoms with E-state index in [-0.39, 0.29) is 0 Å². The Kier molecular flexibility index (Phi) is 4.93. The zero-order chi connectivity index (χ0) is 13.7. The van der Waals surface area contributed by atoms with Crippen molar-refractivity contribution >= 4 is 11.3 Å². The second-order valence-electron chi connectivity index (χ2n) is 4.70. The standard InChI is InChI=1S/C15H20N2OS/c1-11(16-9-15-12(2)17-10-19-15)8-13-4-6-14(18-3)7-5-13/h4-7,10-11,16H,8-9H2,1-3H3. The minimum absolute atomic E-state index is 0.440. The smallest absolute Gasteiger partial charge is 0.118 e. The van der Waals surface area contributed by atoms with Gasteiger partial charge in [-0.1, -0.05) is 12.1 Å². The van der Waals surface area contributed by atoms with Crippen LogP contribution in [0, 0.1) is 6.92 Å². The number of thiazole rings is 1. The van der Waals surface area contributed by atoms with Gasteiger partial charge in [0.2, 0.25) is 0 Å². The van der Waals surface area contributed by atoms with Crippen LogP contribution in [0.5, 0.6) is 5.75 Å². The Balaban J connectivity index is 1.83. The van der Waals surface area contributed by atoms with Crippen LogP contribution in [-0.2, 0) is 13.0 Å². The number of ether oxygens (including phenoxy) is 1. The van der Waals surface area contributed by atoms with Gasteiger partial charge in [-0.05, 0) is 38.0 Å². The highest BCUT2D eigenvalue weighted by atomic mass is 32.1. The van der Waals surface area contributed by atoms with Gasteiger partial charge in [-0.25, -0.2) is 4.98 Å². The molecule has 1 aromatic heterocycles. The van der Waals surface area contributed by atoms with Crippen LogP contribution < -0.4 is 10.1 Å². The number of rotatable bonds is 6. The number of methoxy groups -OCH3 is 1. The molecular formula is C15H20N2OS. The zero-order valence-electron chi connectivity index (χ0n) is 11.6. The summed E-state index contributed by atoms with van der Waals surface area (Å²) in [5, 5.41) is 3.54. The van der Waals surface area contributed by atoms with Crippen molar-refractivity contribution < 1.29 is 4.74 Å². The van der Waals surface area contributed by atoms with Crippen LogP contribution in [0.25, 0.3) is 0 Å². The van der Waals surface area contributed by atoms with Crippen LogP contribution >= 0.6 is 11.3 Å². The summed E-state index contributed by atoms with van der Waals surface area (Å²) >= 11 is 1.71. The molecule has 0 amide bonds. The molecule has 0 bridgehead atoms. The lowest BCUT2D eigenvalue weighted by Gasteiger charge is -2.13. The van der Waals surface area contributed by atoms with Crippen molar-refractivity contribution in [1.82, 2.24) is 10.3 Å². The van der Waals surface area contributed by atoms with E-state index in [1.54, 1.807) is 18.4 Å². The van der Waals surface area contributed by atoms with Gasteiger partial charge < -0.3 is 10.1 Å². The van der Waals surface area contributed by atoms with E-state index >= 15 is 0 Å². The van der Waals surface area contributed by atoms with Gasteiger partial charge in [-0.3, -0.25) is 0 Å². The fourth-order valence-corrected chi connectivity index (χ4v) is 2.68. The monoisotopic (exact) mass is 276 g/mol. The molecule has 0 aliphatic carbocycles. The summed E-state index contributed by atoms with van der Waals surface area (Å²) in [6.45, 7) is 5.16. The predicted octanol–water partition coefficient (Wildman–Crippen LogP) is 3.18. The molecule has 2 rings (SSSR count). The molecule has 102 valence electrons. The summed E-state index contributed by atoms with van der Waals surface area (Å²) in [4.78, 5) is 5.58. The molecule has 1 heterocycles. The minimum atomic E-state index is 0.440. The topological polar surface area (TPSA) is 34.1 Å². The lowest BCUT2D eigenvalue weighted by Crippen LogP contribution is -2.27. The lowest BCUT2D eigenvalue weighted by atomic mass is 10.1. The Morgan fingerprint density at radius 3 is 2.63 bits per heavy atom. The highest BCUT2D eigenvalue weighted by Gasteiger charge is 2.06. The summed E-state index contributed by atoms with van der Waals surface area (Å²) in [6, 6.07) is 8.70. The molecule has 0 radical (unpaired) electrons. The highest BCUT2D eigenvalue weighted by molar-refractivity contribution is 7.09. The predicted molar refractivity (Wildman–Crippen MR) is 79.9 cm³/mol. The Hall–Kier alpha value is -1.39. The van der Waals surface area contributed by atoms with E-state index in [1.165, 1.54) is 10.4 Å². The molecule has 1 aromatic carbocycles. The highest BCUT2D eigenvalue weighted by Crippen LogP contribution is 2.14. The molecule has 0 spiro atoms. The third-order valence-electron chi connectivity index (χ3n) is 3.16. The van der Waals surface area contributed by atoms with Crippen LogP contribution in [0.2, 0.25) is 0 Å². The molecule has 19 heavy (non-hydrogen) atoms. The van der Waals surface area contributed by atoms with Gasteiger partial charge >= 0.3 is 0 Å². The fourth-order valence-electron chi connectivity index (χ4n) is 1.95. The molecule has 0 saturated carbocycles. The van der Waals surface area contributed by atoms with Crippen molar-refractivity contribution in [3.8, 4) is 5.75 Å². The number of nitrogens with zero attached hydrogens (tertiary/aromatic N) is 1. The van der Waals surface area contributed by atoms with Crippen LogP contribution in [-0.4, -0.2) is 18.1 Å². The maximum atomic E-state index is 5.16. The van der Waals surface area contributed by atoms with Crippen LogP contribution in [0.15, 0.2) is 29.8 Å². The van der Waals surface area contributed by atoms with Crippen molar-refractivity contribution in [3.63, 3.8) is 0 Å².